The van der Waals surface area contributed by atoms with E-state index in [1.807, 2.05) is 42.4 Å². The Kier molecular flexibility index (Phi) is 6.24. The zero-order chi connectivity index (χ0) is 25.4. The van der Waals surface area contributed by atoms with E-state index in [1.54, 1.807) is 24.7 Å². The number of carbonyl (C=O) groups excluding carboxylic acids is 1. The number of hydrogen-bond acceptors (Lipinski definition) is 7. The van der Waals surface area contributed by atoms with Crippen LogP contribution in [0.3, 0.4) is 0 Å². The van der Waals surface area contributed by atoms with Gasteiger partial charge in [-0.25, -0.2) is 4.98 Å². The third-order valence-corrected chi connectivity index (χ3v) is 7.03. The topological polar surface area (TPSA) is 92.8 Å². The molecule has 2 N–H and O–H groups in total. The quantitative estimate of drug-likeness (QED) is 0.526. The fraction of sp³-hybridized carbons (Fsp3) is 0.308. The standard InChI is InChI=1S/C26H26N6O3S/c1-15(33)28-23-12-18(9-10-31(23)3)35-22-8-7-20-24(19(22)13-27-2)36-26(29-20)30-21-11-17(16-5-6-16)14-32(4)25(21)34/h7-9,11-12,14,16H,5-6,10H2,1-4H3,(H-,28,29,30,33)/p+1. The number of hydrogen-bond donors (Lipinski definition) is 2. The SMILES string of the molecule is C[N+]#Cc1c(OC2=CCN(C)C(NC(C)=O)=C2)ccc2nc(Nc3cc(C4CC4)cn(C)c3=O)sc12. The minimum absolute atomic E-state index is 0.0967. The van der Waals surface area contributed by atoms with Crippen LogP contribution in [0.25, 0.3) is 15.1 Å². The zero-order valence-electron chi connectivity index (χ0n) is 20.6. The maximum absolute atomic E-state index is 12.7. The van der Waals surface area contributed by atoms with Crippen LogP contribution in [0.5, 0.6) is 5.75 Å². The van der Waals surface area contributed by atoms with Gasteiger partial charge in [0.25, 0.3) is 12.6 Å². The number of rotatable bonds is 6. The highest BCUT2D eigenvalue weighted by Gasteiger charge is 2.25. The largest absolute Gasteiger partial charge is 0.456 e. The second kappa shape index (κ2) is 9.51. The molecular formula is C26H27N6O3S+. The molecule has 0 bridgehead atoms. The predicted molar refractivity (Wildman–Crippen MR) is 142 cm³/mol. The second-order valence-corrected chi connectivity index (χ2v) is 9.94. The van der Waals surface area contributed by atoms with Crippen molar-refractivity contribution >= 4 is 38.3 Å². The summed E-state index contributed by atoms with van der Waals surface area (Å²) in [6, 6.07) is 8.68. The van der Waals surface area contributed by atoms with Crippen molar-refractivity contribution in [3.05, 3.63) is 74.5 Å². The van der Waals surface area contributed by atoms with Gasteiger partial charge in [0.2, 0.25) is 5.91 Å². The average Bonchev–Trinajstić information content (AvgIpc) is 3.60. The van der Waals surface area contributed by atoms with E-state index in [9.17, 15) is 9.59 Å². The summed E-state index contributed by atoms with van der Waals surface area (Å²) in [7, 11) is 5.32. The Balaban J connectivity index is 1.47. The molecule has 1 saturated carbocycles. The molecule has 184 valence electrons. The lowest BCUT2D eigenvalue weighted by Crippen LogP contribution is -2.34. The van der Waals surface area contributed by atoms with E-state index in [2.05, 4.69) is 21.5 Å². The van der Waals surface area contributed by atoms with E-state index in [0.29, 0.717) is 46.2 Å². The normalized spacial score (nSPS) is 15.1. The molecule has 3 heterocycles. The predicted octanol–water partition coefficient (Wildman–Crippen LogP) is 4.11. The Morgan fingerprint density at radius 1 is 1.31 bits per heavy atom. The van der Waals surface area contributed by atoms with Crippen molar-refractivity contribution < 1.29 is 9.53 Å². The summed E-state index contributed by atoms with van der Waals surface area (Å²) in [5, 5.41) is 6.66. The Bertz CT molecular complexity index is 1550. The molecule has 0 saturated heterocycles. The fourth-order valence-corrected chi connectivity index (χ4v) is 5.02. The summed E-state index contributed by atoms with van der Waals surface area (Å²) in [5.41, 5.74) is 3.01. The van der Waals surface area contributed by atoms with Crippen molar-refractivity contribution in [1.82, 2.24) is 19.8 Å². The van der Waals surface area contributed by atoms with Crippen LogP contribution in [0.15, 0.2) is 52.9 Å². The Morgan fingerprint density at radius 2 is 2.11 bits per heavy atom. The number of carbonyl (C=O) groups is 1. The zero-order valence-corrected chi connectivity index (χ0v) is 21.4. The highest BCUT2D eigenvalue weighted by atomic mass is 32.1. The van der Waals surface area contributed by atoms with Crippen molar-refractivity contribution in [2.45, 2.75) is 25.7 Å². The van der Waals surface area contributed by atoms with Crippen LogP contribution >= 0.6 is 11.3 Å². The molecule has 2 aromatic heterocycles. The summed E-state index contributed by atoms with van der Waals surface area (Å²) in [6.07, 6.45) is 7.95. The number of likely N-dealkylation sites (N-methyl/N-ethyl adjacent to an activating group) is 1. The highest BCUT2D eigenvalue weighted by Crippen LogP contribution is 2.41. The van der Waals surface area contributed by atoms with Crippen molar-refractivity contribution in [3.8, 4) is 11.8 Å². The first-order valence-electron chi connectivity index (χ1n) is 11.7. The van der Waals surface area contributed by atoms with E-state index in [0.717, 1.165) is 23.1 Å². The van der Waals surface area contributed by atoms with Crippen molar-refractivity contribution in [2.24, 2.45) is 7.05 Å². The number of anilines is 2. The Morgan fingerprint density at radius 3 is 2.83 bits per heavy atom. The molecule has 2 aliphatic rings. The van der Waals surface area contributed by atoms with Gasteiger partial charge in [0.1, 0.15) is 17.3 Å². The van der Waals surface area contributed by atoms with Gasteiger partial charge in [-0.1, -0.05) is 16.2 Å². The minimum Gasteiger partial charge on any atom is -0.456 e. The van der Waals surface area contributed by atoms with Crippen molar-refractivity contribution in [2.75, 3.05) is 26.0 Å². The summed E-state index contributed by atoms with van der Waals surface area (Å²) >= 11 is 1.42. The van der Waals surface area contributed by atoms with E-state index < -0.39 is 0 Å². The molecule has 3 aromatic rings. The molecule has 1 amide bonds. The summed E-state index contributed by atoms with van der Waals surface area (Å²) < 4.78 is 8.67. The van der Waals surface area contributed by atoms with Crippen LogP contribution in [0, 0.1) is 6.07 Å². The number of ether oxygens (including phenoxy) is 1. The number of aryl methyl sites for hydroxylation is 1. The lowest BCUT2D eigenvalue weighted by atomic mass is 10.2. The van der Waals surface area contributed by atoms with Gasteiger partial charge >= 0.3 is 6.07 Å². The first-order valence-corrected chi connectivity index (χ1v) is 12.5. The molecule has 0 atom stereocenters. The molecule has 1 aromatic carbocycles. The number of allylic oxidation sites excluding steroid dienone is 1. The van der Waals surface area contributed by atoms with Gasteiger partial charge in [0.05, 0.1) is 10.2 Å². The Labute approximate surface area is 212 Å². The molecule has 0 spiro atoms. The van der Waals surface area contributed by atoms with Gasteiger partial charge in [-0.05, 0) is 48.6 Å². The average molecular weight is 504 g/mol. The Hall–Kier alpha value is -4.10. The molecule has 0 unspecified atom stereocenters. The fourth-order valence-electron chi connectivity index (χ4n) is 4.05. The highest BCUT2D eigenvalue weighted by molar-refractivity contribution is 7.22. The van der Waals surface area contributed by atoms with Gasteiger partial charge < -0.3 is 24.8 Å². The minimum atomic E-state index is -0.148. The maximum atomic E-state index is 12.7. The number of nitrogens with zero attached hydrogens (tertiary/aromatic N) is 4. The molecule has 9 nitrogen and oxygen atoms in total. The number of fused-ring (bicyclic) bond motifs is 1. The first-order chi connectivity index (χ1) is 17.3. The van der Waals surface area contributed by atoms with Crippen LogP contribution in [-0.4, -0.2) is 41.0 Å². The van der Waals surface area contributed by atoms with Crippen molar-refractivity contribution in [3.63, 3.8) is 0 Å². The van der Waals surface area contributed by atoms with Gasteiger partial charge in [0.15, 0.2) is 16.4 Å². The van der Waals surface area contributed by atoms with Gasteiger partial charge in [-0.2, -0.15) is 0 Å². The number of aromatic nitrogens is 2. The molecule has 0 radical (unpaired) electrons. The summed E-state index contributed by atoms with van der Waals surface area (Å²) in [5.74, 6) is 2.23. The number of amides is 1. The second-order valence-electron chi connectivity index (χ2n) is 8.94. The van der Waals surface area contributed by atoms with Crippen LogP contribution < -0.4 is 20.9 Å². The van der Waals surface area contributed by atoms with E-state index in [4.69, 9.17) is 9.72 Å². The van der Waals surface area contributed by atoms with Crippen LogP contribution in [0.2, 0.25) is 0 Å². The molecule has 1 aliphatic carbocycles. The first kappa shape index (κ1) is 23.6. The third-order valence-electron chi connectivity index (χ3n) is 6.03. The van der Waals surface area contributed by atoms with E-state index in [1.165, 1.54) is 23.8 Å². The molecule has 5 rings (SSSR count). The molecule has 36 heavy (non-hydrogen) atoms. The lowest BCUT2D eigenvalue weighted by Gasteiger charge is -2.25. The lowest BCUT2D eigenvalue weighted by molar-refractivity contribution is -0.118. The van der Waals surface area contributed by atoms with Crippen LogP contribution in [0.4, 0.5) is 10.8 Å². The van der Waals surface area contributed by atoms with E-state index >= 15 is 0 Å². The third kappa shape index (κ3) is 4.83. The number of pyridine rings is 1. The monoisotopic (exact) mass is 503 g/mol. The molecular weight excluding hydrogens is 476 g/mol. The summed E-state index contributed by atoms with van der Waals surface area (Å²) in [6.45, 7) is 2.06. The molecule has 1 aliphatic heterocycles. The van der Waals surface area contributed by atoms with Crippen LogP contribution in [0.1, 0.15) is 36.8 Å². The number of nitrogens with one attached hydrogen (secondary N) is 2. The smallest absolute Gasteiger partial charge is 0.316 e. The van der Waals surface area contributed by atoms with E-state index in [-0.39, 0.29) is 11.5 Å². The number of thiazole rings is 1. The summed E-state index contributed by atoms with van der Waals surface area (Å²) in [4.78, 5) is 35.0. The van der Waals surface area contributed by atoms with Gasteiger partial charge in [0, 0.05) is 39.8 Å². The van der Waals surface area contributed by atoms with Crippen LogP contribution in [-0.2, 0) is 11.8 Å². The van der Waals surface area contributed by atoms with Gasteiger partial charge in [-0.3, -0.25) is 9.59 Å². The molecule has 10 heteroatoms. The van der Waals surface area contributed by atoms with Gasteiger partial charge in [-0.15, -0.1) is 0 Å². The molecule has 1 fully saturated rings. The maximum Gasteiger partial charge on any atom is 0.316 e. The van der Waals surface area contributed by atoms with Crippen molar-refractivity contribution in [1.29, 1.82) is 0 Å². The number of benzene rings is 1.